The van der Waals surface area contributed by atoms with Gasteiger partial charge >= 0.3 is 0 Å². The van der Waals surface area contributed by atoms with Crippen molar-refractivity contribution in [1.29, 1.82) is 5.26 Å². The highest BCUT2D eigenvalue weighted by Gasteiger charge is 2.56. The number of hydrogen-bond acceptors (Lipinski definition) is 7. The Balaban J connectivity index is 1.17. The lowest BCUT2D eigenvalue weighted by Gasteiger charge is -2.41. The minimum atomic E-state index is -1.93. The van der Waals surface area contributed by atoms with Crippen LogP contribution in [0.3, 0.4) is 0 Å². The van der Waals surface area contributed by atoms with E-state index in [-0.39, 0.29) is 47.8 Å². The predicted molar refractivity (Wildman–Crippen MR) is 147 cm³/mol. The molecule has 6 rings (SSSR count). The average molecular weight is 605 g/mol. The molecular formula is C29H25Cl2F2N3O3S. The standard InChI is InChI=1S/C29H25Cl2F2N3O3S/c1-28(33,11-20-21(30)3-2-4-22(20)31)26-16(13-35-39-26)14-38-19-9-17-5-6-18(10-19)29(17,37)27-36-25-23(32)7-15(12-34)8-24(25)40-27/h2-4,7-8,13,17-19,37H,5-6,9-11,14H2,1H3. The molecule has 2 aliphatic rings. The molecule has 2 aromatic carbocycles. The van der Waals surface area contributed by atoms with Crippen molar-refractivity contribution < 1.29 is 23.1 Å². The Morgan fingerprint density at radius 3 is 2.62 bits per heavy atom. The molecule has 2 heterocycles. The zero-order chi connectivity index (χ0) is 28.2. The third-order valence-electron chi connectivity index (χ3n) is 8.29. The molecule has 0 amide bonds. The number of benzene rings is 2. The zero-order valence-corrected chi connectivity index (χ0v) is 23.8. The van der Waals surface area contributed by atoms with Gasteiger partial charge < -0.3 is 14.4 Å². The number of rotatable bonds is 7. The van der Waals surface area contributed by atoms with Gasteiger partial charge in [0.1, 0.15) is 16.1 Å². The van der Waals surface area contributed by atoms with Crippen LogP contribution in [0.2, 0.25) is 10.0 Å². The maximum atomic E-state index is 15.9. The second-order valence-electron chi connectivity index (χ2n) is 10.9. The summed E-state index contributed by atoms with van der Waals surface area (Å²) in [5.41, 5.74) is -1.73. The monoisotopic (exact) mass is 603 g/mol. The number of aliphatic hydroxyl groups is 1. The van der Waals surface area contributed by atoms with Crippen molar-refractivity contribution in [3.05, 3.63) is 79.8 Å². The molecule has 3 atom stereocenters. The molecule has 1 N–H and O–H groups in total. The van der Waals surface area contributed by atoms with Crippen LogP contribution in [-0.4, -0.2) is 21.4 Å². The van der Waals surface area contributed by atoms with Crippen molar-refractivity contribution in [1.82, 2.24) is 10.1 Å². The molecule has 2 fully saturated rings. The molecule has 208 valence electrons. The van der Waals surface area contributed by atoms with Crippen LogP contribution >= 0.6 is 34.5 Å². The first-order chi connectivity index (χ1) is 19.1. The van der Waals surface area contributed by atoms with Gasteiger partial charge in [-0.3, -0.25) is 0 Å². The topological polar surface area (TPSA) is 92.2 Å². The molecule has 2 bridgehead atoms. The number of halogens is 4. The highest BCUT2D eigenvalue weighted by molar-refractivity contribution is 7.18. The van der Waals surface area contributed by atoms with E-state index in [1.807, 2.05) is 6.07 Å². The van der Waals surface area contributed by atoms with Crippen LogP contribution in [0.15, 0.2) is 41.1 Å². The fraction of sp³-hybridized carbons (Fsp3) is 0.414. The smallest absolute Gasteiger partial charge is 0.179 e. The van der Waals surface area contributed by atoms with Crippen LogP contribution in [0, 0.1) is 29.0 Å². The van der Waals surface area contributed by atoms with E-state index in [2.05, 4.69) is 10.1 Å². The number of aromatic nitrogens is 2. The highest BCUT2D eigenvalue weighted by atomic mass is 35.5. The van der Waals surface area contributed by atoms with Crippen LogP contribution in [-0.2, 0) is 29.0 Å². The van der Waals surface area contributed by atoms with Crippen LogP contribution < -0.4 is 0 Å². The average Bonchev–Trinajstić information content (AvgIpc) is 3.60. The van der Waals surface area contributed by atoms with Gasteiger partial charge in [0.2, 0.25) is 0 Å². The SMILES string of the molecule is CC(F)(Cc1c(Cl)cccc1Cl)c1oncc1COC1CC2CCC(C1)C2(O)c1nc2c(F)cc(C#N)cc2s1. The molecule has 11 heteroatoms. The molecule has 0 spiro atoms. The van der Waals surface area contributed by atoms with Crippen molar-refractivity contribution in [3.63, 3.8) is 0 Å². The van der Waals surface area contributed by atoms with Crippen molar-refractivity contribution in [2.75, 3.05) is 0 Å². The van der Waals surface area contributed by atoms with Gasteiger partial charge in [-0.05, 0) is 74.3 Å². The minimum Gasteiger partial charge on any atom is -0.382 e. The maximum absolute atomic E-state index is 15.9. The summed E-state index contributed by atoms with van der Waals surface area (Å²) in [4.78, 5) is 4.48. The summed E-state index contributed by atoms with van der Waals surface area (Å²) in [6.45, 7) is 1.50. The molecule has 2 saturated carbocycles. The van der Waals surface area contributed by atoms with E-state index in [4.69, 9.17) is 32.5 Å². The second-order valence-corrected chi connectivity index (χ2v) is 12.7. The van der Waals surface area contributed by atoms with Gasteiger partial charge in [-0.1, -0.05) is 34.4 Å². The number of thiazole rings is 1. The summed E-state index contributed by atoms with van der Waals surface area (Å²) in [5, 5.41) is 26.1. The second kappa shape index (κ2) is 10.3. The van der Waals surface area contributed by atoms with Gasteiger partial charge in [-0.25, -0.2) is 13.8 Å². The van der Waals surface area contributed by atoms with Crippen LogP contribution in [0.5, 0.6) is 0 Å². The number of fused-ring (bicyclic) bond motifs is 3. The van der Waals surface area contributed by atoms with Gasteiger partial charge in [0.05, 0.1) is 35.2 Å². The van der Waals surface area contributed by atoms with Crippen LogP contribution in [0.4, 0.5) is 8.78 Å². The Hall–Kier alpha value is -2.61. The van der Waals surface area contributed by atoms with E-state index in [0.717, 1.165) is 12.8 Å². The summed E-state index contributed by atoms with van der Waals surface area (Å²) < 4.78 is 42.6. The molecule has 6 nitrogen and oxygen atoms in total. The van der Waals surface area contributed by atoms with E-state index < -0.39 is 17.1 Å². The van der Waals surface area contributed by atoms with Crippen LogP contribution in [0.1, 0.15) is 60.1 Å². The van der Waals surface area contributed by atoms with Crippen molar-refractivity contribution >= 4 is 44.8 Å². The summed E-state index contributed by atoms with van der Waals surface area (Å²) in [6, 6.07) is 9.76. The lowest BCUT2D eigenvalue weighted by Crippen LogP contribution is -2.44. The van der Waals surface area contributed by atoms with E-state index in [1.165, 1.54) is 30.5 Å². The molecule has 4 aromatic rings. The van der Waals surface area contributed by atoms with Gasteiger partial charge in [0, 0.05) is 22.0 Å². The Labute approximate surface area is 243 Å². The molecular weight excluding hydrogens is 579 g/mol. The van der Waals surface area contributed by atoms with Crippen molar-refractivity contribution in [2.24, 2.45) is 11.8 Å². The molecule has 2 aliphatic carbocycles. The summed E-state index contributed by atoms with van der Waals surface area (Å²) in [7, 11) is 0. The zero-order valence-electron chi connectivity index (χ0n) is 21.5. The Bertz CT molecular complexity index is 1600. The quantitative estimate of drug-likeness (QED) is 0.233. The number of ether oxygens (including phenoxy) is 1. The molecule has 3 unspecified atom stereocenters. The Morgan fingerprint density at radius 1 is 1.25 bits per heavy atom. The van der Waals surface area contributed by atoms with Crippen LogP contribution in [0.25, 0.3) is 10.2 Å². The van der Waals surface area contributed by atoms with Gasteiger partial charge in [0.15, 0.2) is 17.2 Å². The van der Waals surface area contributed by atoms with Gasteiger partial charge in [-0.2, -0.15) is 5.26 Å². The largest absolute Gasteiger partial charge is 0.382 e. The van der Waals surface area contributed by atoms with Gasteiger partial charge in [-0.15, -0.1) is 11.3 Å². The molecule has 0 aliphatic heterocycles. The summed E-state index contributed by atoms with van der Waals surface area (Å²) in [5.74, 6) is -0.741. The Kier molecular flexibility index (Phi) is 7.12. The number of nitriles is 1. The van der Waals surface area contributed by atoms with E-state index >= 15 is 4.39 Å². The number of hydrogen-bond donors (Lipinski definition) is 1. The maximum Gasteiger partial charge on any atom is 0.179 e. The normalized spacial score (nSPS) is 25.7. The third kappa shape index (κ3) is 4.70. The fourth-order valence-electron chi connectivity index (χ4n) is 6.33. The first kappa shape index (κ1) is 27.6. The Morgan fingerprint density at radius 2 is 1.95 bits per heavy atom. The van der Waals surface area contributed by atoms with Crippen molar-refractivity contribution in [2.45, 2.75) is 63.0 Å². The van der Waals surface area contributed by atoms with E-state index in [1.54, 1.807) is 24.3 Å². The molecule has 40 heavy (non-hydrogen) atoms. The van der Waals surface area contributed by atoms with E-state index in [9.17, 15) is 14.8 Å². The lowest BCUT2D eigenvalue weighted by molar-refractivity contribution is -0.116. The minimum absolute atomic E-state index is 0.0620. The summed E-state index contributed by atoms with van der Waals surface area (Å²) in [6.07, 6.45) is 3.95. The fourth-order valence-corrected chi connectivity index (χ4v) is 8.12. The molecule has 0 saturated heterocycles. The predicted octanol–water partition coefficient (Wildman–Crippen LogP) is 7.62. The number of nitrogens with zero attached hydrogens (tertiary/aromatic N) is 3. The molecule has 0 radical (unpaired) electrons. The van der Waals surface area contributed by atoms with Crippen molar-refractivity contribution in [3.8, 4) is 6.07 Å². The summed E-state index contributed by atoms with van der Waals surface area (Å²) >= 11 is 13.8. The van der Waals surface area contributed by atoms with Gasteiger partial charge in [0.25, 0.3) is 0 Å². The first-order valence-corrected chi connectivity index (χ1v) is 14.6. The first-order valence-electron chi connectivity index (χ1n) is 13.0. The lowest BCUT2D eigenvalue weighted by atomic mass is 9.73. The number of alkyl halides is 1. The highest BCUT2D eigenvalue weighted by Crippen LogP contribution is 2.57. The van der Waals surface area contributed by atoms with E-state index in [0.29, 0.717) is 43.7 Å². The molecule has 2 aromatic heterocycles. The third-order valence-corrected chi connectivity index (χ3v) is 10.1.